The Morgan fingerprint density at radius 3 is 2.70 bits per heavy atom. The Balaban J connectivity index is 1.83. The van der Waals surface area contributed by atoms with Gasteiger partial charge in [0, 0.05) is 23.7 Å². The Bertz CT molecular complexity index is 1080. The van der Waals surface area contributed by atoms with E-state index in [1.165, 1.54) is 16.0 Å². The molecule has 0 amide bonds. The number of rotatable bonds is 7. The standard InChI is InChI=1S/C24H31N3OS2/c1-5-12-26-13-10-19-20(15-26)30-22-21(19)23(28)27(18-8-6-17(4)7-9-18)24(25-22)29-14-11-16(2)3/h6-9,16H,5,10-15H2,1-4H3. The van der Waals surface area contributed by atoms with Crippen molar-refractivity contribution < 1.29 is 0 Å². The van der Waals surface area contributed by atoms with Gasteiger partial charge < -0.3 is 0 Å². The van der Waals surface area contributed by atoms with Crippen LogP contribution in [-0.4, -0.2) is 33.3 Å². The Morgan fingerprint density at radius 1 is 1.23 bits per heavy atom. The molecule has 0 atom stereocenters. The average Bonchev–Trinajstić information content (AvgIpc) is 3.07. The molecule has 2 aromatic heterocycles. The van der Waals surface area contributed by atoms with Crippen LogP contribution in [0, 0.1) is 12.8 Å². The number of aryl methyl sites for hydroxylation is 1. The number of nitrogens with zero attached hydrogens (tertiary/aromatic N) is 3. The zero-order valence-corrected chi connectivity index (χ0v) is 20.0. The van der Waals surface area contributed by atoms with Crippen LogP contribution in [-0.2, 0) is 13.0 Å². The normalized spacial score (nSPS) is 14.6. The highest BCUT2D eigenvalue weighted by atomic mass is 32.2. The zero-order valence-electron chi connectivity index (χ0n) is 18.4. The van der Waals surface area contributed by atoms with E-state index in [0.29, 0.717) is 5.92 Å². The summed E-state index contributed by atoms with van der Waals surface area (Å²) in [5.74, 6) is 1.61. The van der Waals surface area contributed by atoms with Crippen molar-refractivity contribution in [1.82, 2.24) is 14.5 Å². The summed E-state index contributed by atoms with van der Waals surface area (Å²) in [5.41, 5.74) is 3.44. The second kappa shape index (κ2) is 9.25. The molecule has 3 aromatic rings. The van der Waals surface area contributed by atoms with Crippen molar-refractivity contribution in [2.75, 3.05) is 18.8 Å². The summed E-state index contributed by atoms with van der Waals surface area (Å²) < 4.78 is 1.85. The van der Waals surface area contributed by atoms with Gasteiger partial charge in [0.2, 0.25) is 0 Å². The van der Waals surface area contributed by atoms with E-state index in [1.807, 2.05) is 16.7 Å². The summed E-state index contributed by atoms with van der Waals surface area (Å²) in [6, 6.07) is 8.22. The Labute approximate surface area is 187 Å². The molecule has 0 spiro atoms. The topological polar surface area (TPSA) is 38.1 Å². The highest BCUT2D eigenvalue weighted by Crippen LogP contribution is 2.34. The van der Waals surface area contributed by atoms with Crippen molar-refractivity contribution in [3.8, 4) is 5.69 Å². The van der Waals surface area contributed by atoms with Gasteiger partial charge in [-0.3, -0.25) is 14.3 Å². The third-order valence-electron chi connectivity index (χ3n) is 5.68. The van der Waals surface area contributed by atoms with Crippen molar-refractivity contribution in [2.24, 2.45) is 5.92 Å². The Morgan fingerprint density at radius 2 is 2.00 bits per heavy atom. The maximum atomic E-state index is 13.8. The first-order valence-electron chi connectivity index (χ1n) is 11.0. The predicted octanol–water partition coefficient (Wildman–Crippen LogP) is 5.66. The molecule has 0 aliphatic carbocycles. The van der Waals surface area contributed by atoms with E-state index in [9.17, 15) is 4.79 Å². The van der Waals surface area contributed by atoms with Gasteiger partial charge in [-0.2, -0.15) is 0 Å². The molecule has 30 heavy (non-hydrogen) atoms. The second-order valence-corrected chi connectivity index (χ2v) is 10.8. The second-order valence-electron chi connectivity index (χ2n) is 8.61. The predicted molar refractivity (Wildman–Crippen MR) is 129 cm³/mol. The van der Waals surface area contributed by atoms with Crippen molar-refractivity contribution in [3.05, 3.63) is 50.6 Å². The van der Waals surface area contributed by atoms with Crippen LogP contribution in [0.15, 0.2) is 34.2 Å². The van der Waals surface area contributed by atoms with E-state index in [2.05, 4.69) is 44.7 Å². The first-order chi connectivity index (χ1) is 14.5. The Kier molecular flexibility index (Phi) is 6.66. The van der Waals surface area contributed by atoms with Crippen LogP contribution in [0.1, 0.15) is 49.6 Å². The maximum absolute atomic E-state index is 13.8. The third-order valence-corrected chi connectivity index (χ3v) is 7.76. The zero-order chi connectivity index (χ0) is 21.3. The molecule has 0 bridgehead atoms. The monoisotopic (exact) mass is 441 g/mol. The average molecular weight is 442 g/mol. The molecule has 0 fully saturated rings. The van der Waals surface area contributed by atoms with Gasteiger partial charge in [0.05, 0.1) is 11.1 Å². The quantitative estimate of drug-likeness (QED) is 0.350. The number of fused-ring (bicyclic) bond motifs is 3. The van der Waals surface area contributed by atoms with Gasteiger partial charge in [-0.25, -0.2) is 4.98 Å². The van der Waals surface area contributed by atoms with Crippen LogP contribution in [0.5, 0.6) is 0 Å². The van der Waals surface area contributed by atoms with Gasteiger partial charge in [-0.05, 0) is 56.3 Å². The first kappa shape index (κ1) is 21.6. The van der Waals surface area contributed by atoms with Crippen molar-refractivity contribution in [3.63, 3.8) is 0 Å². The summed E-state index contributed by atoms with van der Waals surface area (Å²) >= 11 is 3.43. The molecule has 0 saturated heterocycles. The molecule has 6 heteroatoms. The lowest BCUT2D eigenvalue weighted by molar-refractivity contribution is 0.258. The molecule has 160 valence electrons. The highest BCUT2D eigenvalue weighted by molar-refractivity contribution is 7.99. The lowest BCUT2D eigenvalue weighted by atomic mass is 10.1. The molecular formula is C24H31N3OS2. The van der Waals surface area contributed by atoms with E-state index in [0.717, 1.165) is 65.7 Å². The fourth-order valence-electron chi connectivity index (χ4n) is 3.99. The molecular weight excluding hydrogens is 410 g/mol. The Hall–Kier alpha value is -1.63. The van der Waals surface area contributed by atoms with Crippen molar-refractivity contribution in [1.29, 1.82) is 0 Å². The lowest BCUT2D eigenvalue weighted by Gasteiger charge is -2.26. The van der Waals surface area contributed by atoms with Gasteiger partial charge in [0.25, 0.3) is 5.56 Å². The van der Waals surface area contributed by atoms with E-state index >= 15 is 0 Å². The molecule has 0 N–H and O–H groups in total. The number of benzene rings is 1. The molecule has 4 nitrogen and oxygen atoms in total. The van der Waals surface area contributed by atoms with E-state index in [-0.39, 0.29) is 5.56 Å². The fraction of sp³-hybridized carbons (Fsp3) is 0.500. The molecule has 0 radical (unpaired) electrons. The van der Waals surface area contributed by atoms with Crippen molar-refractivity contribution >= 4 is 33.3 Å². The smallest absolute Gasteiger partial charge is 0.267 e. The molecule has 3 heterocycles. The van der Waals surface area contributed by atoms with Crippen LogP contribution in [0.25, 0.3) is 15.9 Å². The summed E-state index contributed by atoms with van der Waals surface area (Å²) in [4.78, 5) is 23.5. The van der Waals surface area contributed by atoms with Gasteiger partial charge >= 0.3 is 0 Å². The minimum absolute atomic E-state index is 0.0948. The van der Waals surface area contributed by atoms with E-state index < -0.39 is 0 Å². The lowest BCUT2D eigenvalue weighted by Crippen LogP contribution is -2.31. The number of hydrogen-bond donors (Lipinski definition) is 0. The summed E-state index contributed by atoms with van der Waals surface area (Å²) in [6.45, 7) is 11.9. The van der Waals surface area contributed by atoms with Crippen LogP contribution in [0.3, 0.4) is 0 Å². The summed E-state index contributed by atoms with van der Waals surface area (Å²) in [6.07, 6.45) is 3.22. The van der Waals surface area contributed by atoms with E-state index in [4.69, 9.17) is 4.98 Å². The minimum atomic E-state index is 0.0948. The summed E-state index contributed by atoms with van der Waals surface area (Å²) in [5, 5.41) is 1.67. The first-order valence-corrected chi connectivity index (χ1v) is 12.8. The van der Waals surface area contributed by atoms with Gasteiger partial charge in [-0.15, -0.1) is 11.3 Å². The van der Waals surface area contributed by atoms with E-state index in [1.54, 1.807) is 23.1 Å². The third kappa shape index (κ3) is 4.36. The molecule has 1 aliphatic rings. The van der Waals surface area contributed by atoms with Gasteiger partial charge in [0.15, 0.2) is 5.16 Å². The van der Waals surface area contributed by atoms with Crippen LogP contribution >= 0.6 is 23.1 Å². The van der Waals surface area contributed by atoms with Crippen LogP contribution in [0.4, 0.5) is 0 Å². The minimum Gasteiger partial charge on any atom is -0.298 e. The maximum Gasteiger partial charge on any atom is 0.267 e. The van der Waals surface area contributed by atoms with Gasteiger partial charge in [-0.1, -0.05) is 50.2 Å². The number of thioether (sulfide) groups is 1. The van der Waals surface area contributed by atoms with Crippen molar-refractivity contribution in [2.45, 2.75) is 58.7 Å². The number of thiophene rings is 1. The molecule has 1 aromatic carbocycles. The largest absolute Gasteiger partial charge is 0.298 e. The molecule has 0 saturated carbocycles. The fourth-order valence-corrected chi connectivity index (χ4v) is 6.54. The van der Waals surface area contributed by atoms with Crippen LogP contribution < -0.4 is 5.56 Å². The SMILES string of the molecule is CCCN1CCc2c(sc3nc(SCCC(C)C)n(-c4ccc(C)cc4)c(=O)c23)C1. The van der Waals surface area contributed by atoms with Crippen LogP contribution in [0.2, 0.25) is 0 Å². The number of hydrogen-bond acceptors (Lipinski definition) is 5. The molecule has 1 aliphatic heterocycles. The van der Waals surface area contributed by atoms with Gasteiger partial charge in [0.1, 0.15) is 4.83 Å². The molecule has 4 rings (SSSR count). The molecule has 0 unspecified atom stereocenters. The highest BCUT2D eigenvalue weighted by Gasteiger charge is 2.25. The number of aromatic nitrogens is 2. The summed E-state index contributed by atoms with van der Waals surface area (Å²) in [7, 11) is 0.